The minimum Gasteiger partial charge on any atom is -0.454 e. The summed E-state index contributed by atoms with van der Waals surface area (Å²) in [6, 6.07) is 82.9. The second kappa shape index (κ2) is 14.3. The minimum atomic E-state index is 0.894. The molecule has 3 nitrogen and oxygen atoms in total. The Hall–Kier alpha value is -8.14. The van der Waals surface area contributed by atoms with E-state index in [-0.39, 0.29) is 0 Å². The Morgan fingerprint density at radius 2 is 0.852 bits per heavy atom. The van der Waals surface area contributed by atoms with Crippen molar-refractivity contribution in [1.29, 1.82) is 0 Å². The van der Waals surface area contributed by atoms with Gasteiger partial charge in [-0.25, -0.2) is 0 Å². The van der Waals surface area contributed by atoms with Gasteiger partial charge in [0.1, 0.15) is 5.58 Å². The molecule has 0 spiro atoms. The van der Waals surface area contributed by atoms with Crippen molar-refractivity contribution in [1.82, 2.24) is 4.57 Å². The average molecular weight is 779 g/mol. The van der Waals surface area contributed by atoms with E-state index in [4.69, 9.17) is 4.42 Å². The van der Waals surface area contributed by atoms with Crippen LogP contribution < -0.4 is 4.90 Å². The summed E-state index contributed by atoms with van der Waals surface area (Å²) in [6.45, 7) is 0. The largest absolute Gasteiger partial charge is 0.454 e. The highest BCUT2D eigenvalue weighted by atomic mass is 16.3. The first kappa shape index (κ1) is 34.9. The van der Waals surface area contributed by atoms with Crippen molar-refractivity contribution in [3.05, 3.63) is 231 Å². The molecular weight excluding hydrogens is 741 g/mol. The fourth-order valence-corrected chi connectivity index (χ4v) is 9.33. The summed E-state index contributed by atoms with van der Waals surface area (Å²) in [4.78, 5) is 2.39. The number of nitrogens with zero attached hydrogens (tertiary/aromatic N) is 2. The van der Waals surface area contributed by atoms with E-state index in [0.29, 0.717) is 0 Å². The van der Waals surface area contributed by atoms with Gasteiger partial charge in [0.25, 0.3) is 0 Å². The van der Waals surface area contributed by atoms with E-state index in [9.17, 15) is 0 Å². The van der Waals surface area contributed by atoms with E-state index < -0.39 is 0 Å². The highest BCUT2D eigenvalue weighted by molar-refractivity contribution is 6.14. The predicted octanol–water partition coefficient (Wildman–Crippen LogP) is 16.3. The molecule has 0 aliphatic rings. The Labute approximate surface area is 353 Å². The van der Waals surface area contributed by atoms with Crippen LogP contribution in [0.15, 0.2) is 235 Å². The molecule has 0 amide bonds. The maximum Gasteiger partial charge on any atom is 0.159 e. The van der Waals surface area contributed by atoms with Crippen LogP contribution in [-0.2, 0) is 0 Å². The predicted molar refractivity (Wildman–Crippen MR) is 257 cm³/mol. The Bertz CT molecular complexity index is 3480. The van der Waals surface area contributed by atoms with Crippen molar-refractivity contribution in [2.75, 3.05) is 4.90 Å². The molecule has 10 aromatic carbocycles. The third-order valence-corrected chi connectivity index (χ3v) is 12.2. The first-order chi connectivity index (χ1) is 30.3. The monoisotopic (exact) mass is 778 g/mol. The first-order valence-electron chi connectivity index (χ1n) is 20.8. The molecule has 0 unspecified atom stereocenters. The number of benzene rings is 10. The van der Waals surface area contributed by atoms with Crippen LogP contribution in [0.4, 0.5) is 17.1 Å². The summed E-state index contributed by atoms with van der Waals surface area (Å²) >= 11 is 0. The van der Waals surface area contributed by atoms with Gasteiger partial charge in [-0.3, -0.25) is 0 Å². The zero-order valence-corrected chi connectivity index (χ0v) is 33.2. The molecule has 0 N–H and O–H groups in total. The number of hydrogen-bond acceptors (Lipinski definition) is 2. The van der Waals surface area contributed by atoms with Gasteiger partial charge < -0.3 is 13.9 Å². The van der Waals surface area contributed by atoms with Crippen molar-refractivity contribution in [3.63, 3.8) is 0 Å². The van der Waals surface area contributed by atoms with Crippen LogP contribution in [0.2, 0.25) is 0 Å². The molecule has 0 aliphatic carbocycles. The minimum absolute atomic E-state index is 0.894. The van der Waals surface area contributed by atoms with Crippen LogP contribution in [0.25, 0.3) is 93.6 Å². The van der Waals surface area contributed by atoms with E-state index in [0.717, 1.165) is 55.7 Å². The Morgan fingerprint density at radius 1 is 0.328 bits per heavy atom. The lowest BCUT2D eigenvalue weighted by atomic mass is 9.95. The number of furan rings is 1. The smallest absolute Gasteiger partial charge is 0.159 e. The van der Waals surface area contributed by atoms with Crippen molar-refractivity contribution >= 4 is 71.6 Å². The van der Waals surface area contributed by atoms with Gasteiger partial charge in [0.05, 0.1) is 22.4 Å². The molecule has 2 heterocycles. The van der Waals surface area contributed by atoms with Crippen LogP contribution in [0, 0.1) is 0 Å². The second-order valence-corrected chi connectivity index (χ2v) is 15.7. The third kappa shape index (κ3) is 5.82. The molecule has 0 saturated carbocycles. The average Bonchev–Trinajstić information content (AvgIpc) is 3.88. The summed E-state index contributed by atoms with van der Waals surface area (Å²) in [5, 5.41) is 7.03. The number of anilines is 3. The van der Waals surface area contributed by atoms with E-state index in [1.165, 1.54) is 54.9 Å². The van der Waals surface area contributed by atoms with Gasteiger partial charge >= 0.3 is 0 Å². The SMILES string of the molecule is c1ccc(-c2ccc(N(c3ccc(-c4ccccc4)cc3)c3ccc(-c4ccc5c(c4)c4ccccc4n5-c4cccc5c4oc4ccccc45)c4ccccc34)cc2)cc1. The maximum absolute atomic E-state index is 6.57. The first-order valence-corrected chi connectivity index (χ1v) is 20.8. The zero-order chi connectivity index (χ0) is 40.3. The highest BCUT2D eigenvalue weighted by Gasteiger charge is 2.21. The summed E-state index contributed by atoms with van der Waals surface area (Å²) in [5.74, 6) is 0. The number of aromatic nitrogens is 1. The molecule has 2 aromatic heterocycles. The summed E-state index contributed by atoms with van der Waals surface area (Å²) in [7, 11) is 0. The van der Waals surface area contributed by atoms with Gasteiger partial charge in [-0.1, -0.05) is 170 Å². The number of fused-ring (bicyclic) bond motifs is 7. The molecule has 0 radical (unpaired) electrons. The standard InChI is InChI=1S/C58H38N2O/c1-3-14-39(15-4-1)41-26-31-44(32-27-41)59(45-33-28-42(29-34-45)40-16-5-2-6-17-40)54-37-35-46(47-18-7-8-19-48(47)54)43-30-36-55-52(38-43)49-20-9-11-23-53(49)60(55)56-24-13-22-51-50-21-10-12-25-57(50)61-58(51)56/h1-38H. The fraction of sp³-hybridized carbons (Fsp3) is 0. The zero-order valence-electron chi connectivity index (χ0n) is 33.2. The lowest BCUT2D eigenvalue weighted by molar-refractivity contribution is 0.666. The van der Waals surface area contributed by atoms with Gasteiger partial charge in [-0.2, -0.15) is 0 Å². The second-order valence-electron chi connectivity index (χ2n) is 15.7. The van der Waals surface area contributed by atoms with Crippen LogP contribution in [0.1, 0.15) is 0 Å². The Balaban J connectivity index is 1.01. The topological polar surface area (TPSA) is 21.3 Å². The lowest BCUT2D eigenvalue weighted by Crippen LogP contribution is -2.10. The van der Waals surface area contributed by atoms with Crippen LogP contribution >= 0.6 is 0 Å². The highest BCUT2D eigenvalue weighted by Crippen LogP contribution is 2.44. The number of rotatable bonds is 7. The van der Waals surface area contributed by atoms with E-state index in [1.54, 1.807) is 0 Å². The Morgan fingerprint density at radius 3 is 1.54 bits per heavy atom. The quantitative estimate of drug-likeness (QED) is 0.161. The molecule has 0 saturated heterocycles. The molecule has 0 aliphatic heterocycles. The van der Waals surface area contributed by atoms with Crippen LogP contribution in [0.3, 0.4) is 0 Å². The van der Waals surface area contributed by atoms with E-state index in [1.807, 2.05) is 6.07 Å². The van der Waals surface area contributed by atoms with Crippen molar-refractivity contribution < 1.29 is 4.42 Å². The third-order valence-electron chi connectivity index (χ3n) is 12.2. The van der Waals surface area contributed by atoms with E-state index >= 15 is 0 Å². The van der Waals surface area contributed by atoms with Crippen molar-refractivity contribution in [3.8, 4) is 39.1 Å². The fourth-order valence-electron chi connectivity index (χ4n) is 9.33. The molecule has 12 rings (SSSR count). The van der Waals surface area contributed by atoms with Crippen molar-refractivity contribution in [2.24, 2.45) is 0 Å². The molecule has 0 fully saturated rings. The van der Waals surface area contributed by atoms with Gasteiger partial charge in [0.15, 0.2) is 5.58 Å². The van der Waals surface area contributed by atoms with E-state index in [2.05, 4.69) is 234 Å². The molecule has 0 atom stereocenters. The van der Waals surface area contributed by atoms with Gasteiger partial charge in [-0.05, 0) is 99.4 Å². The van der Waals surface area contributed by atoms with Gasteiger partial charge in [0.2, 0.25) is 0 Å². The summed E-state index contributed by atoms with van der Waals surface area (Å²) in [6.07, 6.45) is 0. The van der Waals surface area contributed by atoms with Gasteiger partial charge in [0, 0.05) is 38.3 Å². The van der Waals surface area contributed by atoms with Crippen LogP contribution in [0.5, 0.6) is 0 Å². The molecule has 286 valence electrons. The molecule has 61 heavy (non-hydrogen) atoms. The Kier molecular flexibility index (Phi) is 8.17. The maximum atomic E-state index is 6.57. The molecule has 3 heteroatoms. The van der Waals surface area contributed by atoms with Crippen LogP contribution in [-0.4, -0.2) is 4.57 Å². The van der Waals surface area contributed by atoms with Crippen molar-refractivity contribution in [2.45, 2.75) is 0 Å². The normalized spacial score (nSPS) is 11.6. The lowest BCUT2D eigenvalue weighted by Gasteiger charge is -2.28. The summed E-state index contributed by atoms with van der Waals surface area (Å²) in [5.41, 5.74) is 15.6. The summed E-state index contributed by atoms with van der Waals surface area (Å²) < 4.78 is 8.93. The molecule has 0 bridgehead atoms. The van der Waals surface area contributed by atoms with Gasteiger partial charge in [-0.15, -0.1) is 0 Å². The number of para-hydroxylation sites is 3. The molecule has 12 aromatic rings. The molecular formula is C58H38N2O. The number of hydrogen-bond donors (Lipinski definition) is 0.